The Hall–Kier alpha value is -1.77. The summed E-state index contributed by atoms with van der Waals surface area (Å²) in [4.78, 5) is 12.9. The minimum absolute atomic E-state index is 0.0248. The summed E-state index contributed by atoms with van der Waals surface area (Å²) >= 11 is 0. The largest absolute Gasteiger partial charge is 0.459 e. The molecule has 0 saturated carbocycles. The monoisotopic (exact) mass is 530 g/mol. The quantitative estimate of drug-likeness (QED) is 0.312. The molecule has 0 aromatic carbocycles. The van der Waals surface area contributed by atoms with Gasteiger partial charge in [0.2, 0.25) is 0 Å². The highest BCUT2D eigenvalue weighted by Gasteiger charge is 2.47. The first-order valence-corrected chi connectivity index (χ1v) is 14.3. The van der Waals surface area contributed by atoms with Crippen LogP contribution < -0.4 is 0 Å². The fourth-order valence-corrected chi connectivity index (χ4v) is 5.89. The SMILES string of the molecule is C=C1CC(C)CC2CC=CC(CCCC(=O)OC(C(C=CC3CC(C)=CCO3)OC)CC3OC3C(O)C1)O2. The molecular weight excluding hydrogens is 484 g/mol. The number of epoxide rings is 1. The Morgan fingerprint density at radius 1 is 1.21 bits per heavy atom. The smallest absolute Gasteiger partial charge is 0.306 e. The van der Waals surface area contributed by atoms with E-state index in [-0.39, 0.29) is 36.5 Å². The number of carbonyl (C=O) groups is 1. The molecule has 38 heavy (non-hydrogen) atoms. The number of methoxy groups -OCH3 is 1. The van der Waals surface area contributed by atoms with Crippen LogP contribution in [0.5, 0.6) is 0 Å². The van der Waals surface area contributed by atoms with Crippen molar-refractivity contribution in [3.8, 4) is 0 Å². The van der Waals surface area contributed by atoms with Gasteiger partial charge in [0.25, 0.3) is 0 Å². The van der Waals surface area contributed by atoms with Crippen LogP contribution in [0, 0.1) is 5.92 Å². The van der Waals surface area contributed by atoms with Gasteiger partial charge >= 0.3 is 5.97 Å². The molecule has 9 atom stereocenters. The lowest BCUT2D eigenvalue weighted by molar-refractivity contribution is -0.155. The van der Waals surface area contributed by atoms with Crippen molar-refractivity contribution in [2.24, 2.45) is 5.92 Å². The van der Waals surface area contributed by atoms with E-state index >= 15 is 0 Å². The van der Waals surface area contributed by atoms with Gasteiger partial charge in [-0.05, 0) is 57.8 Å². The van der Waals surface area contributed by atoms with E-state index in [4.69, 9.17) is 23.7 Å². The molecule has 4 aliphatic rings. The molecule has 7 heteroatoms. The maximum atomic E-state index is 12.9. The molecular formula is C31H46O7. The van der Waals surface area contributed by atoms with Crippen molar-refractivity contribution in [1.29, 1.82) is 0 Å². The van der Waals surface area contributed by atoms with E-state index in [1.54, 1.807) is 7.11 Å². The van der Waals surface area contributed by atoms with Crippen LogP contribution in [-0.2, 0) is 28.5 Å². The summed E-state index contributed by atoms with van der Waals surface area (Å²) in [5.41, 5.74) is 2.32. The Morgan fingerprint density at radius 2 is 2.05 bits per heavy atom. The second-order valence-corrected chi connectivity index (χ2v) is 11.5. The lowest BCUT2D eigenvalue weighted by Crippen LogP contribution is -2.34. The van der Waals surface area contributed by atoms with Crippen molar-refractivity contribution in [1.82, 2.24) is 0 Å². The number of ether oxygens (including phenoxy) is 5. The zero-order valence-electron chi connectivity index (χ0n) is 23.3. The highest BCUT2D eigenvalue weighted by atomic mass is 16.6. The molecule has 2 fully saturated rings. The Morgan fingerprint density at radius 3 is 2.84 bits per heavy atom. The average Bonchev–Trinajstić information content (AvgIpc) is 3.63. The van der Waals surface area contributed by atoms with E-state index in [2.05, 4.69) is 38.7 Å². The van der Waals surface area contributed by atoms with Gasteiger partial charge in [0.1, 0.15) is 18.3 Å². The number of fused-ring (bicyclic) bond motifs is 3. The molecule has 2 saturated heterocycles. The summed E-state index contributed by atoms with van der Waals surface area (Å²) < 4.78 is 29.7. The summed E-state index contributed by atoms with van der Waals surface area (Å²) in [5, 5.41) is 10.8. The van der Waals surface area contributed by atoms with Crippen LogP contribution in [0.1, 0.15) is 71.6 Å². The minimum atomic E-state index is -0.630. The molecule has 0 aromatic rings. The van der Waals surface area contributed by atoms with E-state index in [1.807, 2.05) is 12.2 Å². The first kappa shape index (κ1) is 29.2. The van der Waals surface area contributed by atoms with Crippen molar-refractivity contribution in [3.05, 3.63) is 48.1 Å². The second-order valence-electron chi connectivity index (χ2n) is 11.5. The third kappa shape index (κ3) is 8.88. The Labute approximate surface area is 227 Å². The highest BCUT2D eigenvalue weighted by molar-refractivity contribution is 5.69. The van der Waals surface area contributed by atoms with Crippen LogP contribution in [0.3, 0.4) is 0 Å². The first-order valence-electron chi connectivity index (χ1n) is 14.3. The molecule has 4 heterocycles. The Balaban J connectivity index is 1.44. The average molecular weight is 531 g/mol. The molecule has 0 spiro atoms. The van der Waals surface area contributed by atoms with Gasteiger partial charge in [-0.2, -0.15) is 0 Å². The standard InChI is InChI=1S/C31H46O7/c1-20-13-14-35-24(16-20)11-12-27(34-4)28-19-29-31(38-29)26(32)18-22(3)15-21(2)17-25-9-5-7-23(36-25)8-6-10-30(33)37-28/h5,7,11-13,21,23-29,31-32H,3,6,8-10,14-19H2,1-2,4H3. The van der Waals surface area contributed by atoms with Crippen LogP contribution in [-0.4, -0.2) is 73.6 Å². The minimum Gasteiger partial charge on any atom is -0.459 e. The van der Waals surface area contributed by atoms with Crippen molar-refractivity contribution in [2.45, 2.75) is 120 Å². The first-order chi connectivity index (χ1) is 18.3. The number of esters is 1. The van der Waals surface area contributed by atoms with Crippen molar-refractivity contribution in [3.63, 3.8) is 0 Å². The number of cyclic esters (lactones) is 1. The second kappa shape index (κ2) is 14.0. The zero-order chi connectivity index (χ0) is 27.1. The molecule has 9 unspecified atom stereocenters. The molecule has 0 radical (unpaired) electrons. The van der Waals surface area contributed by atoms with Gasteiger partial charge in [-0.15, -0.1) is 0 Å². The third-order valence-corrected chi connectivity index (χ3v) is 7.95. The van der Waals surface area contributed by atoms with Gasteiger partial charge in [-0.1, -0.05) is 55.0 Å². The van der Waals surface area contributed by atoms with Crippen molar-refractivity contribution < 1.29 is 33.6 Å². The number of aliphatic hydroxyl groups is 1. The fraction of sp³-hybridized carbons (Fsp3) is 0.710. The predicted molar refractivity (Wildman–Crippen MR) is 146 cm³/mol. The number of aliphatic hydroxyl groups excluding tert-OH is 1. The molecule has 2 bridgehead atoms. The lowest BCUT2D eigenvalue weighted by atomic mass is 9.90. The Bertz CT molecular complexity index is 893. The van der Waals surface area contributed by atoms with E-state index in [0.717, 1.165) is 37.7 Å². The van der Waals surface area contributed by atoms with E-state index in [1.165, 1.54) is 5.57 Å². The fourth-order valence-electron chi connectivity index (χ4n) is 5.89. The summed E-state index contributed by atoms with van der Waals surface area (Å²) in [6.07, 6.45) is 14.7. The zero-order valence-corrected chi connectivity index (χ0v) is 23.3. The molecule has 7 nitrogen and oxygen atoms in total. The van der Waals surface area contributed by atoms with Gasteiger partial charge in [0.05, 0.1) is 37.1 Å². The highest BCUT2D eigenvalue weighted by Crippen LogP contribution is 2.35. The van der Waals surface area contributed by atoms with Gasteiger partial charge in [-0.25, -0.2) is 0 Å². The van der Waals surface area contributed by atoms with Gasteiger partial charge in [-0.3, -0.25) is 4.79 Å². The summed E-state index contributed by atoms with van der Waals surface area (Å²) in [6.45, 7) is 9.15. The molecule has 1 N–H and O–H groups in total. The maximum Gasteiger partial charge on any atom is 0.306 e. The van der Waals surface area contributed by atoms with E-state index in [9.17, 15) is 9.90 Å². The van der Waals surface area contributed by atoms with Crippen molar-refractivity contribution in [2.75, 3.05) is 13.7 Å². The molecule has 0 amide bonds. The van der Waals surface area contributed by atoms with Crippen LogP contribution in [0.4, 0.5) is 0 Å². The van der Waals surface area contributed by atoms with E-state index in [0.29, 0.717) is 38.2 Å². The van der Waals surface area contributed by atoms with Crippen LogP contribution in [0.15, 0.2) is 48.1 Å². The summed E-state index contributed by atoms with van der Waals surface area (Å²) in [5.74, 6) is 0.165. The molecule has 0 aliphatic carbocycles. The lowest BCUT2D eigenvalue weighted by Gasteiger charge is -2.29. The Kier molecular flexibility index (Phi) is 10.8. The number of hydrogen-bond acceptors (Lipinski definition) is 7. The van der Waals surface area contributed by atoms with Gasteiger partial charge in [0.15, 0.2) is 0 Å². The van der Waals surface area contributed by atoms with Gasteiger partial charge in [0, 0.05) is 20.0 Å². The third-order valence-electron chi connectivity index (χ3n) is 7.95. The van der Waals surface area contributed by atoms with Gasteiger partial charge < -0.3 is 28.8 Å². The molecule has 4 aliphatic heterocycles. The topological polar surface area (TPSA) is 86.8 Å². The summed E-state index contributed by atoms with van der Waals surface area (Å²) in [7, 11) is 1.62. The molecule has 4 rings (SSSR count). The number of rotatable bonds is 4. The number of carbonyl (C=O) groups excluding carboxylic acids is 1. The molecule has 212 valence electrons. The summed E-state index contributed by atoms with van der Waals surface area (Å²) in [6, 6.07) is 0. The maximum absolute atomic E-state index is 12.9. The van der Waals surface area contributed by atoms with Crippen molar-refractivity contribution >= 4 is 5.97 Å². The van der Waals surface area contributed by atoms with Crippen LogP contribution in [0.25, 0.3) is 0 Å². The normalized spacial score (nSPS) is 38.5. The van der Waals surface area contributed by atoms with Crippen LogP contribution in [0.2, 0.25) is 0 Å². The van der Waals surface area contributed by atoms with Crippen LogP contribution >= 0.6 is 0 Å². The molecule has 0 aromatic heterocycles. The predicted octanol–water partition coefficient (Wildman–Crippen LogP) is 4.98. The number of hydrogen-bond donors (Lipinski definition) is 1. The van der Waals surface area contributed by atoms with E-state index < -0.39 is 18.3 Å².